The van der Waals surface area contributed by atoms with Crippen LogP contribution in [0.1, 0.15) is 28.4 Å². The standard InChI is InChI=1S/C26H21ClN2O/c27-22-12-6-4-11-21(22)26-25-20(19-10-5-7-13-23(19)28-25)16-17-29(26)24(30)15-14-18-8-2-1-3-9-18/h1-15,26,28H,16-17H2. The Morgan fingerprint density at radius 2 is 1.70 bits per heavy atom. The number of aromatic amines is 1. The van der Waals surface area contributed by atoms with E-state index in [2.05, 4.69) is 23.2 Å². The summed E-state index contributed by atoms with van der Waals surface area (Å²) in [6, 6.07) is 25.7. The van der Waals surface area contributed by atoms with Crippen LogP contribution in [-0.4, -0.2) is 22.3 Å². The van der Waals surface area contributed by atoms with Crippen LogP contribution in [0.4, 0.5) is 0 Å². The third-order valence-electron chi connectivity index (χ3n) is 5.74. The van der Waals surface area contributed by atoms with Crippen molar-refractivity contribution < 1.29 is 4.79 Å². The minimum atomic E-state index is -0.247. The van der Waals surface area contributed by atoms with Crippen molar-refractivity contribution in [3.05, 3.63) is 112 Å². The van der Waals surface area contributed by atoms with Gasteiger partial charge in [0, 0.05) is 34.2 Å². The molecule has 1 aromatic heterocycles. The first-order chi connectivity index (χ1) is 14.7. The molecule has 1 aliphatic heterocycles. The van der Waals surface area contributed by atoms with Crippen molar-refractivity contribution in [3.8, 4) is 0 Å². The predicted octanol–water partition coefficient (Wildman–Crippen LogP) is 6.01. The number of amides is 1. The second-order valence-electron chi connectivity index (χ2n) is 7.51. The topological polar surface area (TPSA) is 36.1 Å². The highest BCUT2D eigenvalue weighted by Gasteiger charge is 2.34. The highest BCUT2D eigenvalue weighted by Crippen LogP contribution is 2.40. The van der Waals surface area contributed by atoms with E-state index in [9.17, 15) is 4.79 Å². The lowest BCUT2D eigenvalue weighted by Crippen LogP contribution is -2.39. The van der Waals surface area contributed by atoms with Crippen LogP contribution in [-0.2, 0) is 11.2 Å². The molecule has 0 radical (unpaired) electrons. The smallest absolute Gasteiger partial charge is 0.247 e. The fourth-order valence-corrected chi connectivity index (χ4v) is 4.56. The normalized spacial score (nSPS) is 16.2. The molecule has 0 saturated heterocycles. The van der Waals surface area contributed by atoms with Gasteiger partial charge in [0.05, 0.1) is 6.04 Å². The molecule has 30 heavy (non-hydrogen) atoms. The quantitative estimate of drug-likeness (QED) is 0.411. The summed E-state index contributed by atoms with van der Waals surface area (Å²) in [5, 5.41) is 1.88. The SMILES string of the molecule is O=C(C=Cc1ccccc1)N1CCc2c([nH]c3ccccc23)C1c1ccccc1Cl. The molecule has 3 aromatic carbocycles. The van der Waals surface area contributed by atoms with E-state index in [1.165, 1.54) is 10.9 Å². The summed E-state index contributed by atoms with van der Waals surface area (Å²) >= 11 is 6.60. The lowest BCUT2D eigenvalue weighted by Gasteiger charge is -2.36. The Morgan fingerprint density at radius 1 is 0.967 bits per heavy atom. The third kappa shape index (κ3) is 3.31. The Labute approximate surface area is 180 Å². The summed E-state index contributed by atoms with van der Waals surface area (Å²) in [6.07, 6.45) is 4.34. The molecule has 1 amide bonds. The van der Waals surface area contributed by atoms with E-state index in [1.807, 2.05) is 71.6 Å². The van der Waals surface area contributed by atoms with Crippen molar-refractivity contribution in [2.45, 2.75) is 12.5 Å². The molecule has 4 heteroatoms. The van der Waals surface area contributed by atoms with Crippen molar-refractivity contribution in [1.82, 2.24) is 9.88 Å². The Hall–Kier alpha value is -3.30. The monoisotopic (exact) mass is 412 g/mol. The van der Waals surface area contributed by atoms with Gasteiger partial charge in [0.2, 0.25) is 5.91 Å². The Bertz CT molecular complexity index is 1240. The van der Waals surface area contributed by atoms with Crippen molar-refractivity contribution in [1.29, 1.82) is 0 Å². The minimum absolute atomic E-state index is 0.0203. The van der Waals surface area contributed by atoms with Gasteiger partial charge in [-0.1, -0.05) is 78.3 Å². The third-order valence-corrected chi connectivity index (χ3v) is 6.08. The molecule has 1 N–H and O–H groups in total. The first kappa shape index (κ1) is 18.7. The van der Waals surface area contributed by atoms with Gasteiger partial charge in [-0.25, -0.2) is 0 Å². The number of hydrogen-bond donors (Lipinski definition) is 1. The van der Waals surface area contributed by atoms with Gasteiger partial charge in [-0.15, -0.1) is 0 Å². The van der Waals surface area contributed by atoms with Gasteiger partial charge in [-0.2, -0.15) is 0 Å². The van der Waals surface area contributed by atoms with Gasteiger partial charge >= 0.3 is 0 Å². The lowest BCUT2D eigenvalue weighted by atomic mass is 9.92. The number of H-pyrrole nitrogens is 1. The molecule has 1 atom stereocenters. The average Bonchev–Trinajstić information content (AvgIpc) is 3.17. The van der Waals surface area contributed by atoms with Gasteiger partial charge in [-0.05, 0) is 41.3 Å². The van der Waals surface area contributed by atoms with E-state index in [1.54, 1.807) is 6.08 Å². The van der Waals surface area contributed by atoms with Gasteiger partial charge in [0.15, 0.2) is 0 Å². The average molecular weight is 413 g/mol. The highest BCUT2D eigenvalue weighted by molar-refractivity contribution is 6.31. The number of rotatable bonds is 3. The summed E-state index contributed by atoms with van der Waals surface area (Å²) in [4.78, 5) is 18.8. The first-order valence-corrected chi connectivity index (χ1v) is 10.5. The summed E-state index contributed by atoms with van der Waals surface area (Å²) in [5.74, 6) is -0.0203. The molecule has 5 rings (SSSR count). The van der Waals surface area contributed by atoms with Gasteiger partial charge < -0.3 is 9.88 Å². The van der Waals surface area contributed by atoms with E-state index >= 15 is 0 Å². The predicted molar refractivity (Wildman–Crippen MR) is 122 cm³/mol. The summed E-state index contributed by atoms with van der Waals surface area (Å²) < 4.78 is 0. The van der Waals surface area contributed by atoms with Crippen LogP contribution in [0.3, 0.4) is 0 Å². The second kappa shape index (κ2) is 7.85. The zero-order valence-corrected chi connectivity index (χ0v) is 17.1. The fourth-order valence-electron chi connectivity index (χ4n) is 4.33. The second-order valence-corrected chi connectivity index (χ2v) is 7.92. The first-order valence-electron chi connectivity index (χ1n) is 10.1. The Kier molecular flexibility index (Phi) is 4.89. The van der Waals surface area contributed by atoms with Crippen LogP contribution >= 0.6 is 11.6 Å². The van der Waals surface area contributed by atoms with Crippen LogP contribution in [0.25, 0.3) is 17.0 Å². The number of halogens is 1. The highest BCUT2D eigenvalue weighted by atomic mass is 35.5. The molecule has 3 nitrogen and oxygen atoms in total. The van der Waals surface area contributed by atoms with Gasteiger partial charge in [-0.3, -0.25) is 4.79 Å². The zero-order valence-electron chi connectivity index (χ0n) is 16.4. The molecule has 0 fully saturated rings. The minimum Gasteiger partial charge on any atom is -0.356 e. The fraction of sp³-hybridized carbons (Fsp3) is 0.115. The number of carbonyl (C=O) groups excluding carboxylic acids is 1. The van der Waals surface area contributed by atoms with E-state index in [0.717, 1.165) is 28.8 Å². The molecule has 0 spiro atoms. The number of aromatic nitrogens is 1. The lowest BCUT2D eigenvalue weighted by molar-refractivity contribution is -0.128. The van der Waals surface area contributed by atoms with Crippen LogP contribution in [0.2, 0.25) is 5.02 Å². The number of hydrogen-bond acceptors (Lipinski definition) is 1. The van der Waals surface area contributed by atoms with E-state index < -0.39 is 0 Å². The number of nitrogens with zero attached hydrogens (tertiary/aromatic N) is 1. The molecule has 4 aromatic rings. The van der Waals surface area contributed by atoms with Crippen LogP contribution < -0.4 is 0 Å². The van der Waals surface area contributed by atoms with Crippen LogP contribution in [0.15, 0.2) is 84.9 Å². The van der Waals surface area contributed by atoms with Crippen molar-refractivity contribution >= 4 is 34.5 Å². The molecule has 1 unspecified atom stereocenters. The number of para-hydroxylation sites is 1. The summed E-state index contributed by atoms with van der Waals surface area (Å²) in [5.41, 5.74) is 5.36. The largest absolute Gasteiger partial charge is 0.356 e. The summed E-state index contributed by atoms with van der Waals surface area (Å²) in [6.45, 7) is 0.642. The molecular formula is C26H21ClN2O. The maximum absolute atomic E-state index is 13.3. The number of fused-ring (bicyclic) bond motifs is 3. The Balaban J connectivity index is 1.59. The molecule has 1 aliphatic rings. The number of carbonyl (C=O) groups is 1. The molecule has 0 aliphatic carbocycles. The molecular weight excluding hydrogens is 392 g/mol. The van der Waals surface area contributed by atoms with Gasteiger partial charge in [0.25, 0.3) is 0 Å². The van der Waals surface area contributed by atoms with Crippen molar-refractivity contribution in [2.24, 2.45) is 0 Å². The van der Waals surface area contributed by atoms with Crippen molar-refractivity contribution in [3.63, 3.8) is 0 Å². The molecule has 148 valence electrons. The van der Waals surface area contributed by atoms with Crippen LogP contribution in [0, 0.1) is 0 Å². The molecule has 0 bridgehead atoms. The molecule has 0 saturated carbocycles. The van der Waals surface area contributed by atoms with Crippen molar-refractivity contribution in [2.75, 3.05) is 6.54 Å². The van der Waals surface area contributed by atoms with E-state index in [4.69, 9.17) is 11.6 Å². The maximum Gasteiger partial charge on any atom is 0.247 e. The molecule has 2 heterocycles. The number of nitrogens with one attached hydrogen (secondary N) is 1. The van der Waals surface area contributed by atoms with Crippen LogP contribution in [0.5, 0.6) is 0 Å². The van der Waals surface area contributed by atoms with Gasteiger partial charge in [0.1, 0.15) is 0 Å². The Morgan fingerprint density at radius 3 is 2.53 bits per heavy atom. The maximum atomic E-state index is 13.3. The zero-order chi connectivity index (χ0) is 20.5. The summed E-state index contributed by atoms with van der Waals surface area (Å²) in [7, 11) is 0. The van der Waals surface area contributed by atoms with E-state index in [-0.39, 0.29) is 11.9 Å². The number of benzene rings is 3. The van der Waals surface area contributed by atoms with E-state index in [0.29, 0.717) is 11.6 Å².